The van der Waals surface area contributed by atoms with Gasteiger partial charge >= 0.3 is 5.97 Å². The summed E-state index contributed by atoms with van der Waals surface area (Å²) >= 11 is 0. The van der Waals surface area contributed by atoms with Gasteiger partial charge in [0.15, 0.2) is 5.96 Å². The Morgan fingerprint density at radius 2 is 1.71 bits per heavy atom. The number of carbonyl (C=O) groups is 4. The van der Waals surface area contributed by atoms with Crippen LogP contribution in [0, 0.1) is 11.8 Å². The third kappa shape index (κ3) is 10.9. The molecule has 1 rings (SSSR count). The number of nitrogens with two attached hydrogens (primary N) is 2. The van der Waals surface area contributed by atoms with E-state index in [1.165, 1.54) is 0 Å². The molecule has 0 aromatic rings. The highest BCUT2D eigenvalue weighted by atomic mass is 16.4. The molecule has 1 heterocycles. The first-order valence-corrected chi connectivity index (χ1v) is 12.4. The number of aliphatic carboxylic acids is 1. The van der Waals surface area contributed by atoms with Crippen molar-refractivity contribution in [1.82, 2.24) is 21.3 Å². The maximum atomic E-state index is 13.2. The number of hydrogen-bond acceptors (Lipinski definition) is 6. The summed E-state index contributed by atoms with van der Waals surface area (Å²) in [5, 5.41) is 20.7. The third-order valence-corrected chi connectivity index (χ3v) is 6.07. The number of hydrogen-bond donors (Lipinski definition) is 7. The number of nitrogens with one attached hydrogen (secondary N) is 4. The molecule has 9 N–H and O–H groups in total. The Labute approximate surface area is 207 Å². The quantitative estimate of drug-likeness (QED) is 0.0884. The summed E-state index contributed by atoms with van der Waals surface area (Å²) in [6.07, 6.45) is 3.09. The van der Waals surface area contributed by atoms with Crippen LogP contribution in [0.2, 0.25) is 0 Å². The van der Waals surface area contributed by atoms with Crippen LogP contribution in [0.5, 0.6) is 0 Å². The number of guanidine groups is 1. The molecule has 200 valence electrons. The number of carbonyl (C=O) groups excluding carboxylic acids is 3. The normalized spacial score (nSPS) is 18.7. The minimum absolute atomic E-state index is 0.0852. The van der Waals surface area contributed by atoms with Gasteiger partial charge in [-0.25, -0.2) is 4.79 Å². The zero-order chi connectivity index (χ0) is 26.5. The fourth-order valence-electron chi connectivity index (χ4n) is 3.87. The van der Waals surface area contributed by atoms with E-state index in [0.717, 1.165) is 13.0 Å². The van der Waals surface area contributed by atoms with E-state index in [2.05, 4.69) is 26.3 Å². The lowest BCUT2D eigenvalue weighted by Crippen LogP contribution is -2.57. The van der Waals surface area contributed by atoms with Crippen LogP contribution in [-0.4, -0.2) is 72.0 Å². The Bertz CT molecular complexity index is 749. The minimum Gasteiger partial charge on any atom is -0.480 e. The maximum absolute atomic E-state index is 13.2. The van der Waals surface area contributed by atoms with Crippen LogP contribution in [0.15, 0.2) is 4.99 Å². The first kappa shape index (κ1) is 30.1. The van der Waals surface area contributed by atoms with Gasteiger partial charge in [-0.05, 0) is 50.5 Å². The zero-order valence-corrected chi connectivity index (χ0v) is 21.3. The van der Waals surface area contributed by atoms with Crippen LogP contribution in [0.25, 0.3) is 0 Å². The Morgan fingerprint density at radius 1 is 1.06 bits per heavy atom. The summed E-state index contributed by atoms with van der Waals surface area (Å²) in [7, 11) is 0. The van der Waals surface area contributed by atoms with Gasteiger partial charge in [0.2, 0.25) is 17.7 Å². The number of carboxylic acids is 1. The van der Waals surface area contributed by atoms with Crippen molar-refractivity contribution < 1.29 is 24.3 Å². The van der Waals surface area contributed by atoms with Crippen molar-refractivity contribution in [2.24, 2.45) is 28.3 Å². The Morgan fingerprint density at radius 3 is 2.23 bits per heavy atom. The maximum Gasteiger partial charge on any atom is 0.326 e. The molecule has 1 fully saturated rings. The van der Waals surface area contributed by atoms with Gasteiger partial charge in [0.25, 0.3) is 0 Å². The molecule has 1 saturated heterocycles. The van der Waals surface area contributed by atoms with Crippen molar-refractivity contribution in [3.63, 3.8) is 0 Å². The Balaban J connectivity index is 2.99. The molecule has 0 aromatic heterocycles. The fraction of sp³-hybridized carbons (Fsp3) is 0.783. The van der Waals surface area contributed by atoms with E-state index in [9.17, 15) is 24.3 Å². The zero-order valence-electron chi connectivity index (χ0n) is 21.3. The second-order valence-corrected chi connectivity index (χ2v) is 9.56. The summed E-state index contributed by atoms with van der Waals surface area (Å²) in [5.74, 6) is -2.78. The molecular weight excluding hydrogens is 454 g/mol. The molecule has 3 amide bonds. The summed E-state index contributed by atoms with van der Waals surface area (Å²) < 4.78 is 0. The first-order valence-electron chi connectivity index (χ1n) is 12.4. The molecule has 5 atom stereocenters. The van der Waals surface area contributed by atoms with Gasteiger partial charge < -0.3 is 37.8 Å². The average Bonchev–Trinajstić information content (AvgIpc) is 3.32. The van der Waals surface area contributed by atoms with Gasteiger partial charge in [0.1, 0.15) is 18.1 Å². The molecular formula is C23H43N7O5. The molecule has 0 aliphatic carbocycles. The average molecular weight is 498 g/mol. The van der Waals surface area contributed by atoms with Gasteiger partial charge in [0, 0.05) is 6.54 Å². The Kier molecular flexibility index (Phi) is 13.1. The standard InChI is InChI=1S/C23H43N7O5/c1-5-14(4)18(22(34)35)30-20(32)16(9-7-11-27-23(24)25)28-21(33)17(12-13(2)3)29-19(31)15-8-6-10-26-15/h13-18,26H,5-12H2,1-4H3,(H,28,33)(H,29,31)(H,30,32)(H,34,35)(H4,24,25,27). The number of aliphatic imine (C=N–C) groups is 1. The first-order chi connectivity index (χ1) is 16.5. The second-order valence-electron chi connectivity index (χ2n) is 9.56. The van der Waals surface area contributed by atoms with Crippen LogP contribution in [0.3, 0.4) is 0 Å². The topological polar surface area (TPSA) is 201 Å². The predicted molar refractivity (Wildman–Crippen MR) is 133 cm³/mol. The molecule has 1 aliphatic heterocycles. The van der Waals surface area contributed by atoms with Crippen LogP contribution in [0.4, 0.5) is 0 Å². The van der Waals surface area contributed by atoms with Crippen LogP contribution in [0.1, 0.15) is 66.2 Å². The van der Waals surface area contributed by atoms with Gasteiger partial charge in [-0.3, -0.25) is 19.4 Å². The van der Waals surface area contributed by atoms with E-state index in [-0.39, 0.29) is 42.7 Å². The highest BCUT2D eigenvalue weighted by molar-refractivity contribution is 5.94. The lowest BCUT2D eigenvalue weighted by atomic mass is 9.98. The minimum atomic E-state index is -1.15. The molecule has 0 spiro atoms. The molecule has 5 unspecified atom stereocenters. The predicted octanol–water partition coefficient (Wildman–Crippen LogP) is -0.577. The molecule has 12 nitrogen and oxygen atoms in total. The number of nitrogens with zero attached hydrogens (tertiary/aromatic N) is 1. The summed E-state index contributed by atoms with van der Waals surface area (Å²) in [6.45, 7) is 8.43. The summed E-state index contributed by atoms with van der Waals surface area (Å²) in [4.78, 5) is 54.4. The lowest BCUT2D eigenvalue weighted by molar-refractivity contribution is -0.144. The van der Waals surface area contributed by atoms with Crippen molar-refractivity contribution in [2.45, 2.75) is 90.4 Å². The highest BCUT2D eigenvalue weighted by Crippen LogP contribution is 2.12. The van der Waals surface area contributed by atoms with Gasteiger partial charge in [0.05, 0.1) is 6.04 Å². The molecule has 35 heavy (non-hydrogen) atoms. The van der Waals surface area contributed by atoms with Gasteiger partial charge in [-0.2, -0.15) is 0 Å². The molecule has 1 aliphatic rings. The molecule has 0 radical (unpaired) electrons. The van der Waals surface area contributed by atoms with Gasteiger partial charge in [-0.15, -0.1) is 0 Å². The second kappa shape index (κ2) is 15.2. The van der Waals surface area contributed by atoms with E-state index in [1.807, 2.05) is 20.8 Å². The van der Waals surface area contributed by atoms with E-state index in [1.54, 1.807) is 6.92 Å². The summed E-state index contributed by atoms with van der Waals surface area (Å²) in [6, 6.07) is -3.28. The third-order valence-electron chi connectivity index (χ3n) is 6.07. The van der Waals surface area contributed by atoms with Crippen molar-refractivity contribution in [3.05, 3.63) is 0 Å². The molecule has 0 aromatic carbocycles. The van der Waals surface area contributed by atoms with E-state index in [0.29, 0.717) is 25.7 Å². The van der Waals surface area contributed by atoms with E-state index < -0.39 is 35.9 Å². The van der Waals surface area contributed by atoms with Crippen LogP contribution in [-0.2, 0) is 19.2 Å². The number of amides is 3. The summed E-state index contributed by atoms with van der Waals surface area (Å²) in [5.41, 5.74) is 10.7. The van der Waals surface area contributed by atoms with E-state index >= 15 is 0 Å². The van der Waals surface area contributed by atoms with Crippen molar-refractivity contribution in [3.8, 4) is 0 Å². The number of rotatable bonds is 15. The smallest absolute Gasteiger partial charge is 0.326 e. The Hall–Kier alpha value is -2.89. The van der Waals surface area contributed by atoms with Crippen molar-refractivity contribution in [2.75, 3.05) is 13.1 Å². The largest absolute Gasteiger partial charge is 0.480 e. The molecule has 0 bridgehead atoms. The fourth-order valence-corrected chi connectivity index (χ4v) is 3.87. The number of carboxylic acid groups (broad SMARTS) is 1. The van der Waals surface area contributed by atoms with Crippen LogP contribution < -0.4 is 32.7 Å². The molecule has 0 saturated carbocycles. The SMILES string of the molecule is CCC(C)C(NC(=O)C(CCCN=C(N)N)NC(=O)C(CC(C)C)NC(=O)C1CCCN1)C(=O)O. The lowest BCUT2D eigenvalue weighted by Gasteiger charge is -2.27. The van der Waals surface area contributed by atoms with Crippen molar-refractivity contribution >= 4 is 29.7 Å². The highest BCUT2D eigenvalue weighted by Gasteiger charge is 2.32. The molecule has 12 heteroatoms. The monoisotopic (exact) mass is 497 g/mol. The van der Waals surface area contributed by atoms with E-state index in [4.69, 9.17) is 11.5 Å². The van der Waals surface area contributed by atoms with Crippen molar-refractivity contribution in [1.29, 1.82) is 0 Å². The van der Waals surface area contributed by atoms with Crippen LogP contribution >= 0.6 is 0 Å². The van der Waals surface area contributed by atoms with Gasteiger partial charge in [-0.1, -0.05) is 34.1 Å².